The third kappa shape index (κ3) is 2.10. The first-order valence-corrected chi connectivity index (χ1v) is 7.70. The molecule has 3 rings (SSSR count). The molecule has 0 bridgehead atoms. The van der Waals surface area contributed by atoms with E-state index in [-0.39, 0.29) is 4.75 Å². The molecule has 1 aliphatic heterocycles. The number of ether oxygens (including phenoxy) is 1. The zero-order chi connectivity index (χ0) is 12.6. The maximum Gasteiger partial charge on any atom is 0.132 e. The van der Waals surface area contributed by atoms with Crippen molar-refractivity contribution in [3.63, 3.8) is 0 Å². The quantitative estimate of drug-likeness (QED) is 0.836. The molecule has 1 saturated heterocycles. The Hall–Kier alpha value is -0.810. The molecule has 0 spiro atoms. The van der Waals surface area contributed by atoms with E-state index in [9.17, 15) is 0 Å². The van der Waals surface area contributed by atoms with Crippen LogP contribution in [0.1, 0.15) is 25.5 Å². The molecule has 2 heterocycles. The van der Waals surface area contributed by atoms with Gasteiger partial charge in [-0.05, 0) is 26.0 Å². The Morgan fingerprint density at radius 3 is 2.94 bits per heavy atom. The van der Waals surface area contributed by atoms with Gasteiger partial charge in [-0.15, -0.1) is 0 Å². The molecule has 0 radical (unpaired) electrons. The van der Waals surface area contributed by atoms with Crippen molar-refractivity contribution < 1.29 is 4.74 Å². The van der Waals surface area contributed by atoms with Gasteiger partial charge in [-0.3, -0.25) is 0 Å². The highest BCUT2D eigenvalue weighted by Gasteiger charge is 2.45. The van der Waals surface area contributed by atoms with Gasteiger partial charge in [0.15, 0.2) is 0 Å². The second-order valence-corrected chi connectivity index (χ2v) is 6.27. The molecule has 0 aromatic carbocycles. The second-order valence-electron chi connectivity index (χ2n) is 5.08. The first kappa shape index (κ1) is 12.2. The minimum atomic E-state index is 0.271. The van der Waals surface area contributed by atoms with Crippen molar-refractivity contribution in [3.05, 3.63) is 18.1 Å². The van der Waals surface area contributed by atoms with Crippen molar-refractivity contribution in [2.45, 2.75) is 30.6 Å². The van der Waals surface area contributed by atoms with E-state index in [1.165, 1.54) is 18.5 Å². The summed E-state index contributed by atoms with van der Waals surface area (Å²) in [6.07, 6.45) is 6.36. The minimum Gasteiger partial charge on any atom is -0.377 e. The summed E-state index contributed by atoms with van der Waals surface area (Å²) in [5.41, 5.74) is 1.19. The molecule has 4 nitrogen and oxygen atoms in total. The molecule has 1 aromatic heterocycles. The molecule has 0 N–H and O–H groups in total. The lowest BCUT2D eigenvalue weighted by molar-refractivity contribution is 0.0985. The predicted molar refractivity (Wildman–Crippen MR) is 74.1 cm³/mol. The Bertz CT molecular complexity index is 436. The summed E-state index contributed by atoms with van der Waals surface area (Å²) < 4.78 is 5.75. The van der Waals surface area contributed by atoms with E-state index in [0.29, 0.717) is 6.04 Å². The molecule has 1 aromatic rings. The lowest BCUT2D eigenvalue weighted by atomic mass is 10.2. The van der Waals surface area contributed by atoms with Crippen LogP contribution in [0.3, 0.4) is 0 Å². The van der Waals surface area contributed by atoms with Crippen molar-refractivity contribution in [3.8, 4) is 0 Å². The summed E-state index contributed by atoms with van der Waals surface area (Å²) in [6.45, 7) is 4.68. The molecule has 1 unspecified atom stereocenters. The zero-order valence-corrected chi connectivity index (χ0v) is 11.7. The molecule has 1 saturated carbocycles. The van der Waals surface area contributed by atoms with Gasteiger partial charge in [0, 0.05) is 12.6 Å². The van der Waals surface area contributed by atoms with Crippen LogP contribution in [0.25, 0.3) is 0 Å². The monoisotopic (exact) mass is 265 g/mol. The lowest BCUT2D eigenvalue weighted by Gasteiger charge is -2.34. The number of hydrogen-bond acceptors (Lipinski definition) is 5. The fraction of sp³-hybridized carbons (Fsp3) is 0.692. The highest BCUT2D eigenvalue weighted by atomic mass is 32.2. The van der Waals surface area contributed by atoms with E-state index in [2.05, 4.69) is 34.1 Å². The molecule has 0 amide bonds. The van der Waals surface area contributed by atoms with Gasteiger partial charge in [0.25, 0.3) is 0 Å². The third-order valence-electron chi connectivity index (χ3n) is 3.88. The van der Waals surface area contributed by atoms with Gasteiger partial charge in [0.1, 0.15) is 12.1 Å². The summed E-state index contributed by atoms with van der Waals surface area (Å²) in [7, 11) is 0. The topological polar surface area (TPSA) is 38.2 Å². The largest absolute Gasteiger partial charge is 0.377 e. The lowest BCUT2D eigenvalue weighted by Crippen LogP contribution is -2.44. The number of aromatic nitrogens is 2. The average Bonchev–Trinajstić information content (AvgIpc) is 3.20. The molecule has 18 heavy (non-hydrogen) atoms. The van der Waals surface area contributed by atoms with Crippen molar-refractivity contribution in [1.82, 2.24) is 9.97 Å². The summed E-state index contributed by atoms with van der Waals surface area (Å²) in [4.78, 5) is 11.2. The molecule has 1 aliphatic carbocycles. The molecule has 1 atom stereocenters. The van der Waals surface area contributed by atoms with Gasteiger partial charge in [-0.2, -0.15) is 11.8 Å². The van der Waals surface area contributed by atoms with Gasteiger partial charge in [-0.25, -0.2) is 9.97 Å². The van der Waals surface area contributed by atoms with Crippen LogP contribution in [0.4, 0.5) is 5.82 Å². The van der Waals surface area contributed by atoms with E-state index < -0.39 is 0 Å². The first-order chi connectivity index (χ1) is 8.75. The number of anilines is 1. The molecular formula is C13H19N3OS. The van der Waals surface area contributed by atoms with Crippen LogP contribution in [0.5, 0.6) is 0 Å². The van der Waals surface area contributed by atoms with Crippen molar-refractivity contribution in [1.29, 1.82) is 0 Å². The smallest absolute Gasteiger partial charge is 0.132 e. The fourth-order valence-corrected chi connectivity index (χ4v) is 3.33. The summed E-state index contributed by atoms with van der Waals surface area (Å²) >= 11 is 1.91. The Kier molecular flexibility index (Phi) is 3.20. The second kappa shape index (κ2) is 4.70. The number of hydrogen-bond donors (Lipinski definition) is 0. The van der Waals surface area contributed by atoms with Crippen LogP contribution in [-0.2, 0) is 9.48 Å². The summed E-state index contributed by atoms with van der Waals surface area (Å²) in [5, 5.41) is 0. The van der Waals surface area contributed by atoms with Crippen molar-refractivity contribution >= 4 is 17.6 Å². The predicted octanol–water partition coefficient (Wildman–Crippen LogP) is 2.05. The van der Waals surface area contributed by atoms with Crippen LogP contribution in [0.2, 0.25) is 0 Å². The number of morpholine rings is 1. The Balaban J connectivity index is 1.86. The molecule has 5 heteroatoms. The normalized spacial score (nSPS) is 26.1. The van der Waals surface area contributed by atoms with Crippen molar-refractivity contribution in [2.24, 2.45) is 0 Å². The highest BCUT2D eigenvalue weighted by molar-refractivity contribution is 7.99. The van der Waals surface area contributed by atoms with Gasteiger partial charge in [0.05, 0.1) is 29.7 Å². The van der Waals surface area contributed by atoms with Crippen molar-refractivity contribution in [2.75, 3.05) is 30.9 Å². The maximum atomic E-state index is 5.48. The van der Waals surface area contributed by atoms with E-state index in [0.717, 1.165) is 25.6 Å². The van der Waals surface area contributed by atoms with Crippen LogP contribution in [0, 0.1) is 0 Å². The fourth-order valence-electron chi connectivity index (χ4n) is 2.50. The van der Waals surface area contributed by atoms with E-state index >= 15 is 0 Å². The van der Waals surface area contributed by atoms with E-state index in [1.807, 2.05) is 11.8 Å². The Morgan fingerprint density at radius 1 is 1.44 bits per heavy atom. The van der Waals surface area contributed by atoms with Crippen LogP contribution in [0.15, 0.2) is 12.4 Å². The third-order valence-corrected chi connectivity index (χ3v) is 5.28. The minimum absolute atomic E-state index is 0.271. The SMILES string of the molecule is CSC1(c2cc(N3CCOCC3C)ncn2)CC1. The summed E-state index contributed by atoms with van der Waals surface area (Å²) in [5.74, 6) is 1.05. The van der Waals surface area contributed by atoms with Gasteiger partial charge >= 0.3 is 0 Å². The van der Waals surface area contributed by atoms with E-state index in [4.69, 9.17) is 4.74 Å². The molecule has 98 valence electrons. The molecule has 2 fully saturated rings. The Morgan fingerprint density at radius 2 is 2.28 bits per heavy atom. The summed E-state index contributed by atoms with van der Waals surface area (Å²) in [6, 6.07) is 2.57. The van der Waals surface area contributed by atoms with Gasteiger partial charge < -0.3 is 9.64 Å². The molecular weight excluding hydrogens is 246 g/mol. The van der Waals surface area contributed by atoms with E-state index in [1.54, 1.807) is 6.33 Å². The van der Waals surface area contributed by atoms with Crippen LogP contribution >= 0.6 is 11.8 Å². The Labute approximate surface area is 112 Å². The number of nitrogens with zero attached hydrogens (tertiary/aromatic N) is 3. The number of thioether (sulfide) groups is 1. The number of rotatable bonds is 3. The molecule has 2 aliphatic rings. The highest BCUT2D eigenvalue weighted by Crippen LogP contribution is 2.55. The zero-order valence-electron chi connectivity index (χ0n) is 10.9. The first-order valence-electron chi connectivity index (χ1n) is 6.47. The van der Waals surface area contributed by atoms with Gasteiger partial charge in [0.2, 0.25) is 0 Å². The van der Waals surface area contributed by atoms with Gasteiger partial charge in [-0.1, -0.05) is 0 Å². The average molecular weight is 265 g/mol. The standard InChI is InChI=1S/C13H19N3OS/c1-10-8-17-6-5-16(10)12-7-11(14-9-15-12)13(18-2)3-4-13/h7,9-10H,3-6,8H2,1-2H3. The van der Waals surface area contributed by atoms with Crippen LogP contribution in [-0.4, -0.2) is 42.0 Å². The maximum absolute atomic E-state index is 5.48. The van der Waals surface area contributed by atoms with Crippen LogP contribution < -0.4 is 4.90 Å².